The number of anilines is 1. The van der Waals surface area contributed by atoms with E-state index in [4.69, 9.17) is 17.5 Å². The number of hydrogen-bond acceptors (Lipinski definition) is 6. The van der Waals surface area contributed by atoms with Crippen LogP contribution in [0.4, 0.5) is 5.82 Å². The molecule has 0 unspecified atom stereocenters. The van der Waals surface area contributed by atoms with E-state index in [1.165, 1.54) is 8.88 Å². The minimum absolute atomic E-state index is 0.355. The van der Waals surface area contributed by atoms with Crippen molar-refractivity contribution in [2.24, 2.45) is 0 Å². The van der Waals surface area contributed by atoms with Gasteiger partial charge >= 0.3 is 0 Å². The molecule has 0 atom stereocenters. The molecule has 0 radical (unpaired) electrons. The summed E-state index contributed by atoms with van der Waals surface area (Å²) >= 11 is 6.36. The van der Waals surface area contributed by atoms with Crippen molar-refractivity contribution >= 4 is 28.8 Å². The first-order valence-electron chi connectivity index (χ1n) is 6.37. The van der Waals surface area contributed by atoms with Gasteiger partial charge in [-0.1, -0.05) is 0 Å². The molecule has 0 fully saturated rings. The molecule has 108 valence electrons. The summed E-state index contributed by atoms with van der Waals surface area (Å²) in [5, 5.41) is 8.08. The van der Waals surface area contributed by atoms with Crippen LogP contribution in [0.15, 0.2) is 42.9 Å². The molecule has 0 aromatic carbocycles. The number of nitrogen functional groups attached to an aromatic ring is 1. The number of pyridine rings is 2. The number of rotatable bonds is 2. The van der Waals surface area contributed by atoms with Gasteiger partial charge < -0.3 is 5.73 Å². The van der Waals surface area contributed by atoms with E-state index >= 15 is 0 Å². The van der Waals surface area contributed by atoms with Crippen LogP contribution in [0.5, 0.6) is 0 Å². The average molecular weight is 313 g/mol. The van der Waals surface area contributed by atoms with E-state index < -0.39 is 0 Å². The first-order chi connectivity index (χ1) is 10.7. The minimum atomic E-state index is 0.355. The summed E-state index contributed by atoms with van der Waals surface area (Å²) in [6.45, 7) is 0. The molecule has 0 amide bonds. The fraction of sp³-hybridized carbons (Fsp3) is 0. The van der Waals surface area contributed by atoms with E-state index in [1.807, 2.05) is 0 Å². The Hall–Kier alpha value is -3.00. The SMILES string of the molecule is Nc1ncccc1-c1nc2ccc(-n3nccn3)nc2n1Cl. The molecule has 0 saturated carbocycles. The van der Waals surface area contributed by atoms with Crippen LogP contribution in [0.1, 0.15) is 0 Å². The Kier molecular flexibility index (Phi) is 2.76. The van der Waals surface area contributed by atoms with Crippen LogP contribution >= 0.6 is 11.8 Å². The van der Waals surface area contributed by atoms with E-state index in [9.17, 15) is 0 Å². The zero-order chi connectivity index (χ0) is 15.1. The van der Waals surface area contributed by atoms with E-state index in [0.717, 1.165) is 0 Å². The molecular formula is C13H9ClN8. The van der Waals surface area contributed by atoms with Gasteiger partial charge in [-0.2, -0.15) is 10.2 Å². The molecule has 4 aromatic heterocycles. The summed E-state index contributed by atoms with van der Waals surface area (Å²) in [5.41, 5.74) is 7.67. The van der Waals surface area contributed by atoms with Crippen LogP contribution in [0.2, 0.25) is 0 Å². The van der Waals surface area contributed by atoms with Gasteiger partial charge in [0.05, 0.1) is 18.0 Å². The molecule has 0 aliphatic heterocycles. The lowest BCUT2D eigenvalue weighted by Crippen LogP contribution is -2.02. The highest BCUT2D eigenvalue weighted by atomic mass is 35.5. The van der Waals surface area contributed by atoms with Crippen LogP contribution in [0.25, 0.3) is 28.4 Å². The summed E-state index contributed by atoms with van der Waals surface area (Å²) in [5.74, 6) is 1.39. The molecule has 0 bridgehead atoms. The number of imidazole rings is 1. The summed E-state index contributed by atoms with van der Waals surface area (Å²) in [6.07, 6.45) is 4.76. The Morgan fingerprint density at radius 1 is 1.00 bits per heavy atom. The van der Waals surface area contributed by atoms with Gasteiger partial charge in [0.1, 0.15) is 11.3 Å². The zero-order valence-corrected chi connectivity index (χ0v) is 11.9. The maximum atomic E-state index is 6.36. The summed E-state index contributed by atoms with van der Waals surface area (Å²) in [6, 6.07) is 7.14. The maximum Gasteiger partial charge on any atom is 0.177 e. The van der Waals surface area contributed by atoms with Crippen LogP contribution in [0, 0.1) is 0 Å². The fourth-order valence-electron chi connectivity index (χ4n) is 2.14. The first-order valence-corrected chi connectivity index (χ1v) is 6.71. The van der Waals surface area contributed by atoms with Gasteiger partial charge in [0, 0.05) is 18.0 Å². The van der Waals surface area contributed by atoms with E-state index in [2.05, 4.69) is 25.1 Å². The normalized spacial score (nSPS) is 11.1. The van der Waals surface area contributed by atoms with Gasteiger partial charge in [0.2, 0.25) is 0 Å². The molecular weight excluding hydrogens is 304 g/mol. The summed E-state index contributed by atoms with van der Waals surface area (Å²) in [7, 11) is 0. The van der Waals surface area contributed by atoms with Crippen LogP contribution in [0.3, 0.4) is 0 Å². The standard InChI is InChI=1S/C13H9ClN8/c14-21-12(8-2-1-5-16-11(8)15)19-9-3-4-10(20-13(9)21)22-17-6-7-18-22/h1-7H,(H2,15,16). The third kappa shape index (κ3) is 1.89. The van der Waals surface area contributed by atoms with Gasteiger partial charge in [0.25, 0.3) is 0 Å². The number of halogens is 1. The molecule has 0 spiro atoms. The van der Waals surface area contributed by atoms with E-state index in [0.29, 0.717) is 34.2 Å². The molecule has 0 aliphatic carbocycles. The lowest BCUT2D eigenvalue weighted by molar-refractivity contribution is 0.732. The van der Waals surface area contributed by atoms with Crippen molar-refractivity contribution in [3.63, 3.8) is 0 Å². The van der Waals surface area contributed by atoms with Crippen molar-refractivity contribution in [3.8, 4) is 17.2 Å². The molecule has 4 heterocycles. The molecule has 22 heavy (non-hydrogen) atoms. The Bertz CT molecular complexity index is 960. The fourth-order valence-corrected chi connectivity index (χ4v) is 2.39. The first kappa shape index (κ1) is 12.7. The third-order valence-electron chi connectivity index (χ3n) is 3.14. The van der Waals surface area contributed by atoms with Crippen LogP contribution in [-0.2, 0) is 0 Å². The molecule has 4 rings (SSSR count). The van der Waals surface area contributed by atoms with Crippen molar-refractivity contribution in [3.05, 3.63) is 42.9 Å². The van der Waals surface area contributed by atoms with Crippen molar-refractivity contribution in [2.45, 2.75) is 0 Å². The highest BCUT2D eigenvalue weighted by molar-refractivity contribution is 6.20. The number of nitrogens with zero attached hydrogens (tertiary/aromatic N) is 7. The van der Waals surface area contributed by atoms with Crippen molar-refractivity contribution in [2.75, 3.05) is 5.73 Å². The molecule has 8 nitrogen and oxygen atoms in total. The van der Waals surface area contributed by atoms with Gasteiger partial charge in [-0.15, -0.1) is 4.80 Å². The number of hydrogen-bond donors (Lipinski definition) is 1. The monoisotopic (exact) mass is 312 g/mol. The lowest BCUT2D eigenvalue weighted by atomic mass is 10.2. The van der Waals surface area contributed by atoms with Crippen LogP contribution in [-0.4, -0.2) is 34.0 Å². The predicted octanol–water partition coefficient (Wildman–Crippen LogP) is 1.66. The molecule has 2 N–H and O–H groups in total. The van der Waals surface area contributed by atoms with Crippen molar-refractivity contribution < 1.29 is 0 Å². The van der Waals surface area contributed by atoms with E-state index in [-0.39, 0.29) is 0 Å². The van der Waals surface area contributed by atoms with E-state index in [1.54, 1.807) is 42.9 Å². The molecule has 4 aromatic rings. The second kappa shape index (κ2) is 4.78. The third-order valence-corrected chi connectivity index (χ3v) is 3.46. The summed E-state index contributed by atoms with van der Waals surface area (Å²) in [4.78, 5) is 14.4. The molecule has 0 aliphatic rings. The smallest absolute Gasteiger partial charge is 0.177 e. The van der Waals surface area contributed by atoms with Gasteiger partial charge in [-0.3, -0.25) is 0 Å². The second-order valence-corrected chi connectivity index (χ2v) is 4.82. The number of fused-ring (bicyclic) bond motifs is 1. The minimum Gasteiger partial charge on any atom is -0.383 e. The Morgan fingerprint density at radius 2 is 1.82 bits per heavy atom. The van der Waals surface area contributed by atoms with Gasteiger partial charge in [-0.05, 0) is 24.3 Å². The van der Waals surface area contributed by atoms with Gasteiger partial charge in [-0.25, -0.2) is 19.0 Å². The largest absolute Gasteiger partial charge is 0.383 e. The Morgan fingerprint density at radius 3 is 2.59 bits per heavy atom. The van der Waals surface area contributed by atoms with Crippen molar-refractivity contribution in [1.82, 2.24) is 34.0 Å². The Balaban J connectivity index is 1.93. The highest BCUT2D eigenvalue weighted by Gasteiger charge is 2.16. The highest BCUT2D eigenvalue weighted by Crippen LogP contribution is 2.28. The molecule has 0 saturated heterocycles. The quantitative estimate of drug-likeness (QED) is 0.604. The Labute approximate surface area is 129 Å². The van der Waals surface area contributed by atoms with Gasteiger partial charge in [0.15, 0.2) is 17.3 Å². The predicted molar refractivity (Wildman–Crippen MR) is 81.3 cm³/mol. The number of nitrogens with two attached hydrogens (primary N) is 1. The lowest BCUT2D eigenvalue weighted by Gasteiger charge is -2.02. The molecule has 9 heteroatoms. The number of aromatic nitrogens is 7. The maximum absolute atomic E-state index is 6.36. The zero-order valence-electron chi connectivity index (χ0n) is 11.1. The average Bonchev–Trinajstić information content (AvgIpc) is 3.16. The summed E-state index contributed by atoms with van der Waals surface area (Å²) < 4.78 is 1.36. The van der Waals surface area contributed by atoms with Crippen LogP contribution < -0.4 is 5.73 Å². The topological polar surface area (TPSA) is 100 Å². The van der Waals surface area contributed by atoms with Crippen molar-refractivity contribution in [1.29, 1.82) is 0 Å². The second-order valence-electron chi connectivity index (χ2n) is 4.48.